The van der Waals surface area contributed by atoms with Crippen molar-refractivity contribution in [3.05, 3.63) is 0 Å². The van der Waals surface area contributed by atoms with Crippen molar-refractivity contribution in [1.82, 2.24) is 0 Å². The number of carbonyl (C=O) groups is 1. The zero-order valence-electron chi connectivity index (χ0n) is 11.0. The molecule has 4 saturated carbocycles. The molecule has 3 nitrogen and oxygen atoms in total. The third-order valence-corrected chi connectivity index (χ3v) is 5.49. The van der Waals surface area contributed by atoms with Crippen LogP contribution in [0.5, 0.6) is 0 Å². The van der Waals surface area contributed by atoms with Gasteiger partial charge >= 0.3 is 5.97 Å². The van der Waals surface area contributed by atoms with Crippen molar-refractivity contribution >= 4 is 5.97 Å². The minimum atomic E-state index is -1.27. The molecule has 4 bridgehead atoms. The Morgan fingerprint density at radius 1 is 1.33 bits per heavy atom. The average Bonchev–Trinajstić information content (AvgIpc) is 2.22. The number of carbonyl (C=O) groups excluding carboxylic acids is 1. The van der Waals surface area contributed by atoms with E-state index >= 15 is 0 Å². The maximum absolute atomic E-state index is 14.8. The number of hydrogen-bond donors (Lipinski definition) is 1. The van der Waals surface area contributed by atoms with Crippen molar-refractivity contribution in [2.24, 2.45) is 17.3 Å². The summed E-state index contributed by atoms with van der Waals surface area (Å²) in [5.41, 5.74) is -2.55. The van der Waals surface area contributed by atoms with Crippen LogP contribution in [0.4, 0.5) is 4.39 Å². The van der Waals surface area contributed by atoms with Crippen molar-refractivity contribution in [3.63, 3.8) is 0 Å². The summed E-state index contributed by atoms with van der Waals surface area (Å²) in [5, 5.41) is 10.5. The minimum Gasteiger partial charge on any atom is -0.469 e. The van der Waals surface area contributed by atoms with Crippen LogP contribution in [0.25, 0.3) is 0 Å². The minimum absolute atomic E-state index is 0.225. The summed E-state index contributed by atoms with van der Waals surface area (Å²) < 4.78 is 19.6. The molecular weight excluding hydrogens is 235 g/mol. The van der Waals surface area contributed by atoms with Gasteiger partial charge in [-0.1, -0.05) is 6.92 Å². The van der Waals surface area contributed by atoms with Gasteiger partial charge in [0.1, 0.15) is 5.67 Å². The van der Waals surface area contributed by atoms with Gasteiger partial charge in [0.2, 0.25) is 0 Å². The van der Waals surface area contributed by atoms with Crippen LogP contribution in [0.15, 0.2) is 0 Å². The van der Waals surface area contributed by atoms with E-state index in [0.717, 1.165) is 6.42 Å². The highest BCUT2D eigenvalue weighted by Crippen LogP contribution is 2.66. The lowest BCUT2D eigenvalue weighted by Gasteiger charge is -2.63. The second-order valence-corrected chi connectivity index (χ2v) is 6.99. The monoisotopic (exact) mass is 256 g/mol. The van der Waals surface area contributed by atoms with E-state index in [0.29, 0.717) is 25.7 Å². The Morgan fingerprint density at radius 3 is 2.61 bits per heavy atom. The van der Waals surface area contributed by atoms with E-state index < -0.39 is 16.7 Å². The molecule has 0 heterocycles. The molecule has 0 radical (unpaired) electrons. The fourth-order valence-corrected chi connectivity index (χ4v) is 5.25. The Morgan fingerprint density at radius 2 is 2.06 bits per heavy atom. The highest BCUT2D eigenvalue weighted by atomic mass is 19.1. The van der Waals surface area contributed by atoms with Gasteiger partial charge in [-0.2, -0.15) is 0 Å². The molecule has 4 fully saturated rings. The molecule has 0 aromatic carbocycles. The summed E-state index contributed by atoms with van der Waals surface area (Å²) in [7, 11) is 1.37. The summed E-state index contributed by atoms with van der Waals surface area (Å²) >= 11 is 0. The third kappa shape index (κ3) is 1.61. The standard InChI is InChI=1S/C14H21FO3/c1-9(11(16)18-2)12-3-10-4-13(15,6-12)8-14(17,5-10)7-12/h9-10,17H,3-8H2,1-2H3/t9-,10?,12?,13?,14?/m1/s1. The van der Waals surface area contributed by atoms with Gasteiger partial charge < -0.3 is 9.84 Å². The molecule has 0 amide bonds. The number of aliphatic hydroxyl groups is 1. The lowest BCUT2D eigenvalue weighted by Crippen LogP contribution is -2.63. The van der Waals surface area contributed by atoms with E-state index in [1.807, 2.05) is 6.92 Å². The predicted octanol–water partition coefficient (Wildman–Crippen LogP) is 2.22. The molecule has 18 heavy (non-hydrogen) atoms. The van der Waals surface area contributed by atoms with Crippen molar-refractivity contribution in [2.75, 3.05) is 7.11 Å². The van der Waals surface area contributed by atoms with Gasteiger partial charge in [-0.15, -0.1) is 0 Å². The van der Waals surface area contributed by atoms with Crippen LogP contribution in [0.2, 0.25) is 0 Å². The topological polar surface area (TPSA) is 46.5 Å². The third-order valence-electron chi connectivity index (χ3n) is 5.49. The van der Waals surface area contributed by atoms with Crippen molar-refractivity contribution in [1.29, 1.82) is 0 Å². The summed E-state index contributed by atoms with van der Waals surface area (Å²) in [6.07, 6.45) is 3.34. The van der Waals surface area contributed by atoms with Crippen molar-refractivity contribution in [3.8, 4) is 0 Å². The second-order valence-electron chi connectivity index (χ2n) is 6.99. The molecule has 0 aromatic rings. The first-order chi connectivity index (χ1) is 8.30. The maximum Gasteiger partial charge on any atom is 0.308 e. The molecule has 1 N–H and O–H groups in total. The fourth-order valence-electron chi connectivity index (χ4n) is 5.25. The van der Waals surface area contributed by atoms with Gasteiger partial charge in [0.15, 0.2) is 0 Å². The molecule has 4 aliphatic carbocycles. The number of hydrogen-bond acceptors (Lipinski definition) is 3. The number of ether oxygens (including phenoxy) is 1. The van der Waals surface area contributed by atoms with E-state index in [1.54, 1.807) is 0 Å². The molecule has 4 rings (SSSR count). The number of rotatable bonds is 2. The van der Waals surface area contributed by atoms with E-state index in [-0.39, 0.29) is 24.2 Å². The van der Waals surface area contributed by atoms with E-state index in [1.165, 1.54) is 7.11 Å². The van der Waals surface area contributed by atoms with E-state index in [9.17, 15) is 14.3 Å². The van der Waals surface area contributed by atoms with Crippen LogP contribution in [-0.2, 0) is 9.53 Å². The Labute approximate surface area is 107 Å². The van der Waals surface area contributed by atoms with Crippen LogP contribution in [0.1, 0.15) is 45.4 Å². The number of alkyl halides is 1. The SMILES string of the molecule is COC(=O)[C@@H](C)C12CC3CC(O)(CC(F)(C3)C1)C2. The largest absolute Gasteiger partial charge is 0.469 e. The smallest absolute Gasteiger partial charge is 0.308 e. The summed E-state index contributed by atoms with van der Waals surface area (Å²) in [4.78, 5) is 11.8. The van der Waals surface area contributed by atoms with Crippen molar-refractivity contribution < 1.29 is 19.0 Å². The first kappa shape index (κ1) is 12.4. The van der Waals surface area contributed by atoms with Gasteiger partial charge in [0.05, 0.1) is 18.6 Å². The fraction of sp³-hybridized carbons (Fsp3) is 0.929. The van der Waals surface area contributed by atoms with Gasteiger partial charge in [-0.05, 0) is 43.4 Å². The van der Waals surface area contributed by atoms with Crippen LogP contribution >= 0.6 is 0 Å². The molecule has 0 saturated heterocycles. The van der Waals surface area contributed by atoms with Gasteiger partial charge in [0, 0.05) is 6.42 Å². The van der Waals surface area contributed by atoms with Crippen LogP contribution in [-0.4, -0.2) is 29.5 Å². The van der Waals surface area contributed by atoms with Gasteiger partial charge in [0.25, 0.3) is 0 Å². The van der Waals surface area contributed by atoms with E-state index in [2.05, 4.69) is 0 Å². The van der Waals surface area contributed by atoms with Crippen LogP contribution in [0, 0.1) is 17.3 Å². The molecule has 5 atom stereocenters. The van der Waals surface area contributed by atoms with Gasteiger partial charge in [-0.25, -0.2) is 4.39 Å². The lowest BCUT2D eigenvalue weighted by molar-refractivity contribution is -0.221. The molecule has 0 spiro atoms. The lowest BCUT2D eigenvalue weighted by atomic mass is 9.44. The molecule has 0 aliphatic heterocycles. The molecular formula is C14H21FO3. The molecule has 4 heteroatoms. The van der Waals surface area contributed by atoms with Crippen LogP contribution in [0.3, 0.4) is 0 Å². The molecule has 4 aliphatic rings. The Bertz CT molecular complexity index is 377. The quantitative estimate of drug-likeness (QED) is 0.771. The average molecular weight is 256 g/mol. The number of methoxy groups -OCH3 is 1. The Hall–Kier alpha value is -0.640. The number of esters is 1. The first-order valence-corrected chi connectivity index (χ1v) is 6.79. The second kappa shape index (κ2) is 3.47. The number of halogens is 1. The van der Waals surface area contributed by atoms with Crippen molar-refractivity contribution in [2.45, 2.75) is 56.7 Å². The first-order valence-electron chi connectivity index (χ1n) is 6.79. The molecule has 102 valence electrons. The highest BCUT2D eigenvalue weighted by molar-refractivity contribution is 5.73. The van der Waals surface area contributed by atoms with Gasteiger partial charge in [-0.3, -0.25) is 4.79 Å². The summed E-state index contributed by atoms with van der Waals surface area (Å²) in [6, 6.07) is 0. The molecule has 0 aromatic heterocycles. The normalized spacial score (nSPS) is 51.2. The van der Waals surface area contributed by atoms with E-state index in [4.69, 9.17) is 4.74 Å². The Balaban J connectivity index is 1.96. The van der Waals surface area contributed by atoms with Crippen LogP contribution < -0.4 is 0 Å². The summed E-state index contributed by atoms with van der Waals surface area (Å²) in [5.74, 6) is -0.375. The highest BCUT2D eigenvalue weighted by Gasteiger charge is 2.65. The maximum atomic E-state index is 14.8. The summed E-state index contributed by atoms with van der Waals surface area (Å²) in [6.45, 7) is 1.83. The zero-order chi connectivity index (χ0) is 13.2. The molecule has 4 unspecified atom stereocenters. The Kier molecular flexibility index (Phi) is 2.39. The zero-order valence-corrected chi connectivity index (χ0v) is 11.0. The predicted molar refractivity (Wildman–Crippen MR) is 63.6 cm³/mol.